The molecular weight excluding hydrogens is 300 g/mol. The predicted octanol–water partition coefficient (Wildman–Crippen LogP) is 1.19. The highest BCUT2D eigenvalue weighted by Gasteiger charge is 2.60. The zero-order valence-corrected chi connectivity index (χ0v) is 13.0. The minimum absolute atomic E-state index is 0.000492. The fourth-order valence-corrected chi connectivity index (χ4v) is 4.68. The SMILES string of the molecule is C=C(C(=O)O)[C@@H]1CC[C@@]2(C)OC3=C(C[C@@H]12)C(=O)[C@]1(O)CO[C@H]3C1. The monoisotopic (exact) mass is 320 g/mol. The summed E-state index contributed by atoms with van der Waals surface area (Å²) in [4.78, 5) is 23.9. The molecule has 2 bridgehead atoms. The van der Waals surface area contributed by atoms with E-state index in [2.05, 4.69) is 6.58 Å². The number of Topliss-reactive ketones (excluding diaryl/α,β-unsaturated/α-hetero) is 1. The van der Waals surface area contributed by atoms with E-state index < -0.39 is 17.2 Å². The van der Waals surface area contributed by atoms with E-state index in [1.165, 1.54) is 0 Å². The summed E-state index contributed by atoms with van der Waals surface area (Å²) in [5.41, 5.74) is -1.30. The van der Waals surface area contributed by atoms with Crippen LogP contribution in [0.25, 0.3) is 0 Å². The number of carboxylic acids is 1. The molecule has 6 nitrogen and oxygen atoms in total. The average Bonchev–Trinajstić information content (AvgIpc) is 3.02. The van der Waals surface area contributed by atoms with Gasteiger partial charge in [0.15, 0.2) is 11.4 Å². The molecule has 2 N–H and O–H groups in total. The maximum Gasteiger partial charge on any atom is 0.331 e. The number of ether oxygens (including phenoxy) is 2. The van der Waals surface area contributed by atoms with Gasteiger partial charge in [-0.15, -0.1) is 0 Å². The smallest absolute Gasteiger partial charge is 0.331 e. The Morgan fingerprint density at radius 3 is 2.87 bits per heavy atom. The summed E-state index contributed by atoms with van der Waals surface area (Å²) in [5, 5.41) is 19.7. The second-order valence-corrected chi connectivity index (χ2v) is 7.41. The molecule has 2 aliphatic carbocycles. The largest absolute Gasteiger partial charge is 0.488 e. The number of carbonyl (C=O) groups excluding carboxylic acids is 1. The second kappa shape index (κ2) is 4.45. The van der Waals surface area contributed by atoms with E-state index in [9.17, 15) is 19.8 Å². The number of hydrogen-bond donors (Lipinski definition) is 2. The predicted molar refractivity (Wildman–Crippen MR) is 78.4 cm³/mol. The topological polar surface area (TPSA) is 93.1 Å². The molecule has 0 aromatic carbocycles. The van der Waals surface area contributed by atoms with Gasteiger partial charge in [-0.05, 0) is 32.1 Å². The van der Waals surface area contributed by atoms with Crippen LogP contribution in [0.15, 0.2) is 23.5 Å². The number of carbonyl (C=O) groups is 2. The van der Waals surface area contributed by atoms with Crippen molar-refractivity contribution in [3.8, 4) is 0 Å². The van der Waals surface area contributed by atoms with Crippen LogP contribution in [-0.2, 0) is 19.1 Å². The van der Waals surface area contributed by atoms with E-state index in [1.54, 1.807) is 0 Å². The van der Waals surface area contributed by atoms with Crippen molar-refractivity contribution in [1.82, 2.24) is 0 Å². The first-order valence-electron chi connectivity index (χ1n) is 7.98. The Bertz CT molecular complexity index is 664. The van der Waals surface area contributed by atoms with E-state index in [0.717, 1.165) is 6.42 Å². The van der Waals surface area contributed by atoms with Gasteiger partial charge in [0.25, 0.3) is 0 Å². The molecule has 2 fully saturated rings. The van der Waals surface area contributed by atoms with Gasteiger partial charge < -0.3 is 19.7 Å². The lowest BCUT2D eigenvalue weighted by Crippen LogP contribution is -2.49. The van der Waals surface area contributed by atoms with Gasteiger partial charge in [-0.25, -0.2) is 4.79 Å². The fourth-order valence-electron chi connectivity index (χ4n) is 4.68. The van der Waals surface area contributed by atoms with Crippen molar-refractivity contribution in [2.75, 3.05) is 6.61 Å². The van der Waals surface area contributed by atoms with Gasteiger partial charge in [-0.3, -0.25) is 4.79 Å². The zero-order chi connectivity index (χ0) is 16.6. The second-order valence-electron chi connectivity index (χ2n) is 7.41. The van der Waals surface area contributed by atoms with Crippen LogP contribution in [0.1, 0.15) is 32.6 Å². The van der Waals surface area contributed by atoms with Crippen molar-refractivity contribution in [3.05, 3.63) is 23.5 Å². The van der Waals surface area contributed by atoms with Gasteiger partial charge >= 0.3 is 5.97 Å². The Hall–Kier alpha value is -1.66. The maximum absolute atomic E-state index is 12.6. The molecule has 5 atom stereocenters. The van der Waals surface area contributed by atoms with Crippen molar-refractivity contribution in [2.24, 2.45) is 11.8 Å². The molecule has 4 rings (SSSR count). The van der Waals surface area contributed by atoms with Gasteiger partial charge in [0, 0.05) is 23.5 Å². The molecule has 0 spiro atoms. The summed E-state index contributed by atoms with van der Waals surface area (Å²) in [5.74, 6) is -1.10. The molecule has 2 heterocycles. The molecule has 1 saturated carbocycles. The first-order chi connectivity index (χ1) is 10.8. The molecule has 0 radical (unpaired) electrons. The Kier molecular flexibility index (Phi) is 2.88. The van der Waals surface area contributed by atoms with Gasteiger partial charge in [0.2, 0.25) is 0 Å². The maximum atomic E-state index is 12.6. The molecule has 0 aromatic heterocycles. The van der Waals surface area contributed by atoms with Crippen LogP contribution in [0.3, 0.4) is 0 Å². The Balaban J connectivity index is 1.72. The first-order valence-corrected chi connectivity index (χ1v) is 7.98. The van der Waals surface area contributed by atoms with Gasteiger partial charge in [-0.1, -0.05) is 6.58 Å². The Morgan fingerprint density at radius 1 is 1.43 bits per heavy atom. The van der Waals surface area contributed by atoms with Crippen LogP contribution in [0.2, 0.25) is 0 Å². The molecule has 2 aliphatic heterocycles. The normalized spacial score (nSPS) is 44.6. The molecule has 1 saturated heterocycles. The minimum atomic E-state index is -1.45. The lowest BCUT2D eigenvalue weighted by Gasteiger charge is -2.44. The Morgan fingerprint density at radius 2 is 2.17 bits per heavy atom. The number of hydrogen-bond acceptors (Lipinski definition) is 5. The number of aliphatic hydroxyl groups is 1. The van der Waals surface area contributed by atoms with Crippen molar-refractivity contribution < 1.29 is 29.3 Å². The minimum Gasteiger partial charge on any atom is -0.488 e. The van der Waals surface area contributed by atoms with Crippen LogP contribution in [0.4, 0.5) is 0 Å². The molecule has 4 aliphatic rings. The molecule has 124 valence electrons. The van der Waals surface area contributed by atoms with E-state index >= 15 is 0 Å². The number of ketones is 1. The van der Waals surface area contributed by atoms with E-state index in [0.29, 0.717) is 24.2 Å². The van der Waals surface area contributed by atoms with Crippen LogP contribution in [0.5, 0.6) is 0 Å². The van der Waals surface area contributed by atoms with Crippen LogP contribution >= 0.6 is 0 Å². The third-order valence-corrected chi connectivity index (χ3v) is 6.04. The highest BCUT2D eigenvalue weighted by molar-refractivity contribution is 6.04. The molecule has 0 unspecified atom stereocenters. The number of aliphatic carboxylic acids is 1. The summed E-state index contributed by atoms with van der Waals surface area (Å²) in [6, 6.07) is 0. The van der Waals surface area contributed by atoms with E-state index in [4.69, 9.17) is 9.47 Å². The summed E-state index contributed by atoms with van der Waals surface area (Å²) in [6.07, 6.45) is 1.70. The standard InChI is InChI=1S/C17H20O6/c1-8(15(19)20)9-3-4-16(2)11(9)5-10-13(23-16)12-6-17(21,7-22-12)14(10)18/h9,11-12,21H,1,3-7H2,2H3,(H,19,20)/t9-,11-,12-,16+,17+/m0/s1. The summed E-state index contributed by atoms with van der Waals surface area (Å²) >= 11 is 0. The molecule has 6 heteroatoms. The first kappa shape index (κ1) is 14.9. The van der Waals surface area contributed by atoms with Crippen LogP contribution in [-0.4, -0.2) is 45.9 Å². The van der Waals surface area contributed by atoms with Gasteiger partial charge in [-0.2, -0.15) is 0 Å². The Labute approximate surface area is 133 Å². The highest BCUT2D eigenvalue weighted by atomic mass is 16.6. The zero-order valence-electron chi connectivity index (χ0n) is 13.0. The van der Waals surface area contributed by atoms with Gasteiger partial charge in [0.05, 0.1) is 6.61 Å². The average molecular weight is 320 g/mol. The third kappa shape index (κ3) is 1.88. The van der Waals surface area contributed by atoms with Crippen molar-refractivity contribution in [2.45, 2.75) is 49.9 Å². The van der Waals surface area contributed by atoms with Crippen molar-refractivity contribution in [3.63, 3.8) is 0 Å². The highest BCUT2D eigenvalue weighted by Crippen LogP contribution is 2.55. The van der Waals surface area contributed by atoms with Crippen LogP contribution < -0.4 is 0 Å². The van der Waals surface area contributed by atoms with Crippen molar-refractivity contribution >= 4 is 11.8 Å². The number of rotatable bonds is 2. The molecular formula is C17H20O6. The van der Waals surface area contributed by atoms with Crippen molar-refractivity contribution in [1.29, 1.82) is 0 Å². The molecule has 23 heavy (non-hydrogen) atoms. The molecule has 0 amide bonds. The lowest BCUT2D eigenvalue weighted by atomic mass is 9.72. The molecule has 0 aromatic rings. The summed E-state index contributed by atoms with van der Waals surface area (Å²) in [6.45, 7) is 5.68. The quantitative estimate of drug-likeness (QED) is 0.742. The lowest BCUT2D eigenvalue weighted by molar-refractivity contribution is -0.136. The number of fused-ring (bicyclic) bond motifs is 4. The number of carboxylic acid groups (broad SMARTS) is 1. The van der Waals surface area contributed by atoms with E-state index in [1.807, 2.05) is 6.92 Å². The summed E-state index contributed by atoms with van der Waals surface area (Å²) in [7, 11) is 0. The summed E-state index contributed by atoms with van der Waals surface area (Å²) < 4.78 is 11.8. The fraction of sp³-hybridized carbons (Fsp3) is 0.647. The van der Waals surface area contributed by atoms with E-state index in [-0.39, 0.29) is 42.3 Å². The van der Waals surface area contributed by atoms with Gasteiger partial charge in [0.1, 0.15) is 17.5 Å². The third-order valence-electron chi connectivity index (χ3n) is 6.04. The van der Waals surface area contributed by atoms with Crippen LogP contribution in [0, 0.1) is 11.8 Å².